The predicted octanol–water partition coefficient (Wildman–Crippen LogP) is 2.89. The predicted molar refractivity (Wildman–Crippen MR) is 110 cm³/mol. The highest BCUT2D eigenvalue weighted by Crippen LogP contribution is 2.41. The molecule has 0 bridgehead atoms. The van der Waals surface area contributed by atoms with Crippen molar-refractivity contribution in [1.29, 1.82) is 0 Å². The van der Waals surface area contributed by atoms with Crippen LogP contribution in [0.3, 0.4) is 0 Å². The van der Waals surface area contributed by atoms with Crippen molar-refractivity contribution < 1.29 is 9.59 Å². The number of thioether (sulfide) groups is 1. The van der Waals surface area contributed by atoms with Gasteiger partial charge in [0.25, 0.3) is 0 Å². The Kier molecular flexibility index (Phi) is 5.30. The van der Waals surface area contributed by atoms with E-state index < -0.39 is 5.91 Å². The summed E-state index contributed by atoms with van der Waals surface area (Å²) in [7, 11) is 0. The van der Waals surface area contributed by atoms with Crippen LogP contribution in [0.15, 0.2) is 53.9 Å². The van der Waals surface area contributed by atoms with Crippen molar-refractivity contribution in [3.8, 4) is 11.4 Å². The number of primary amides is 1. The molecule has 4 rings (SSSR count). The Bertz CT molecular complexity index is 1030. The van der Waals surface area contributed by atoms with E-state index >= 15 is 0 Å². The second-order valence-corrected chi connectivity index (χ2v) is 8.14. The molecule has 0 spiro atoms. The number of carbonyl (C=O) groups is 2. The summed E-state index contributed by atoms with van der Waals surface area (Å²) >= 11 is 1.38. The van der Waals surface area contributed by atoms with Crippen LogP contribution in [0.1, 0.15) is 36.2 Å². The Morgan fingerprint density at radius 1 is 1.14 bits per heavy atom. The summed E-state index contributed by atoms with van der Waals surface area (Å²) in [4.78, 5) is 27.8. The molecule has 1 atom stereocenters. The van der Waals surface area contributed by atoms with Crippen LogP contribution in [0.25, 0.3) is 11.4 Å². The molecule has 0 aliphatic heterocycles. The summed E-state index contributed by atoms with van der Waals surface area (Å²) in [6.45, 7) is 1.83. The van der Waals surface area contributed by atoms with Gasteiger partial charge in [-0.2, -0.15) is 0 Å². The third-order valence-electron chi connectivity index (χ3n) is 4.60. The lowest BCUT2D eigenvalue weighted by Crippen LogP contribution is -2.23. The lowest BCUT2D eigenvalue weighted by atomic mass is 10.2. The van der Waals surface area contributed by atoms with Crippen molar-refractivity contribution in [3.05, 3.63) is 54.4 Å². The first-order valence-electron chi connectivity index (χ1n) is 9.25. The quantitative estimate of drug-likeness (QED) is 0.581. The standard InChI is InChI=1S/C20H20N6O2S/c1-12(19(28)23-15-4-2-13(3-5-15)17(21)27)29-20-25-24-18(26(20)16-6-7-16)14-8-10-22-11-9-14/h2-5,8-12,16H,6-7H2,1H3,(H2,21,27)(H,23,28)/t12-/m0/s1. The highest BCUT2D eigenvalue weighted by molar-refractivity contribution is 8.00. The van der Waals surface area contributed by atoms with E-state index in [0.29, 0.717) is 17.3 Å². The van der Waals surface area contributed by atoms with Crippen LogP contribution in [0, 0.1) is 0 Å². The van der Waals surface area contributed by atoms with Crippen LogP contribution < -0.4 is 11.1 Å². The van der Waals surface area contributed by atoms with Gasteiger partial charge in [-0.15, -0.1) is 10.2 Å². The van der Waals surface area contributed by atoms with E-state index in [9.17, 15) is 9.59 Å². The average molecular weight is 408 g/mol. The van der Waals surface area contributed by atoms with Crippen LogP contribution in [0.2, 0.25) is 0 Å². The second-order valence-electron chi connectivity index (χ2n) is 6.83. The molecule has 29 heavy (non-hydrogen) atoms. The molecule has 1 aliphatic carbocycles. The van der Waals surface area contributed by atoms with Gasteiger partial charge in [-0.25, -0.2) is 0 Å². The van der Waals surface area contributed by atoms with Crippen LogP contribution >= 0.6 is 11.8 Å². The SMILES string of the molecule is C[C@H](Sc1nnc(-c2ccncc2)n1C1CC1)C(=O)Nc1ccc(C(N)=O)cc1. The Hall–Kier alpha value is -3.20. The van der Waals surface area contributed by atoms with Crippen molar-refractivity contribution in [2.45, 2.75) is 36.2 Å². The summed E-state index contributed by atoms with van der Waals surface area (Å²) in [5.41, 5.74) is 7.20. The van der Waals surface area contributed by atoms with Gasteiger partial charge in [0.05, 0.1) is 5.25 Å². The van der Waals surface area contributed by atoms with Gasteiger partial charge in [0.2, 0.25) is 11.8 Å². The molecule has 0 radical (unpaired) electrons. The maximum Gasteiger partial charge on any atom is 0.248 e. The summed E-state index contributed by atoms with van der Waals surface area (Å²) in [6.07, 6.45) is 5.62. The van der Waals surface area contributed by atoms with Crippen LogP contribution in [-0.4, -0.2) is 36.8 Å². The largest absolute Gasteiger partial charge is 0.366 e. The van der Waals surface area contributed by atoms with E-state index in [4.69, 9.17) is 5.73 Å². The maximum atomic E-state index is 12.6. The fraction of sp³-hybridized carbons (Fsp3) is 0.250. The Labute approximate surface area is 171 Å². The monoisotopic (exact) mass is 408 g/mol. The van der Waals surface area contributed by atoms with Gasteiger partial charge >= 0.3 is 0 Å². The number of anilines is 1. The molecule has 2 heterocycles. The summed E-state index contributed by atoms with van der Waals surface area (Å²) in [5.74, 6) is 0.140. The van der Waals surface area contributed by atoms with Gasteiger partial charge in [0, 0.05) is 35.2 Å². The van der Waals surface area contributed by atoms with Crippen LogP contribution in [-0.2, 0) is 4.79 Å². The van der Waals surface area contributed by atoms with E-state index in [1.54, 1.807) is 36.7 Å². The lowest BCUT2D eigenvalue weighted by Gasteiger charge is -2.13. The number of nitrogens with zero attached hydrogens (tertiary/aromatic N) is 4. The normalized spacial score (nSPS) is 14.4. The zero-order chi connectivity index (χ0) is 20.4. The molecule has 1 aromatic carbocycles. The van der Waals surface area contributed by atoms with Crippen molar-refractivity contribution in [2.24, 2.45) is 5.73 Å². The van der Waals surface area contributed by atoms with Crippen LogP contribution in [0.5, 0.6) is 0 Å². The number of nitrogens with two attached hydrogens (primary N) is 1. The highest BCUT2D eigenvalue weighted by Gasteiger charge is 2.31. The molecular weight excluding hydrogens is 388 g/mol. The fourth-order valence-corrected chi connectivity index (χ4v) is 3.81. The lowest BCUT2D eigenvalue weighted by molar-refractivity contribution is -0.115. The molecule has 8 nitrogen and oxygen atoms in total. The van der Waals surface area contributed by atoms with E-state index in [1.165, 1.54) is 11.8 Å². The van der Waals surface area contributed by atoms with Crippen molar-refractivity contribution in [3.63, 3.8) is 0 Å². The number of carbonyl (C=O) groups excluding carboxylic acids is 2. The molecule has 1 saturated carbocycles. The number of hydrogen-bond donors (Lipinski definition) is 2. The zero-order valence-corrected chi connectivity index (χ0v) is 16.6. The third kappa shape index (κ3) is 4.29. The van der Waals surface area contributed by atoms with Crippen molar-refractivity contribution in [2.75, 3.05) is 5.32 Å². The van der Waals surface area contributed by atoms with Crippen molar-refractivity contribution >= 4 is 29.3 Å². The zero-order valence-electron chi connectivity index (χ0n) is 15.8. The minimum Gasteiger partial charge on any atom is -0.366 e. The topological polar surface area (TPSA) is 116 Å². The van der Waals surface area contributed by atoms with E-state index in [-0.39, 0.29) is 11.2 Å². The Balaban J connectivity index is 1.48. The average Bonchev–Trinajstić information content (AvgIpc) is 3.49. The molecule has 2 amide bonds. The molecule has 148 valence electrons. The first-order valence-corrected chi connectivity index (χ1v) is 10.1. The number of nitrogens with one attached hydrogen (secondary N) is 1. The number of hydrogen-bond acceptors (Lipinski definition) is 6. The molecule has 9 heteroatoms. The molecule has 0 unspecified atom stereocenters. The highest BCUT2D eigenvalue weighted by atomic mass is 32.2. The molecule has 2 aromatic heterocycles. The fourth-order valence-electron chi connectivity index (χ4n) is 2.89. The van der Waals surface area contributed by atoms with Gasteiger partial charge in [0.15, 0.2) is 11.0 Å². The van der Waals surface area contributed by atoms with Crippen LogP contribution in [0.4, 0.5) is 5.69 Å². The van der Waals surface area contributed by atoms with E-state index in [1.807, 2.05) is 19.1 Å². The third-order valence-corrected chi connectivity index (χ3v) is 5.66. The summed E-state index contributed by atoms with van der Waals surface area (Å²) < 4.78 is 2.12. The van der Waals surface area contributed by atoms with E-state index in [0.717, 1.165) is 29.4 Å². The minimum absolute atomic E-state index is 0.155. The van der Waals surface area contributed by atoms with Gasteiger partial charge < -0.3 is 11.1 Å². The molecular formula is C20H20N6O2S. The maximum absolute atomic E-state index is 12.6. The number of benzene rings is 1. The summed E-state index contributed by atoms with van der Waals surface area (Å²) in [6, 6.07) is 10.7. The van der Waals surface area contributed by atoms with E-state index in [2.05, 4.69) is 25.1 Å². The Morgan fingerprint density at radius 2 is 1.83 bits per heavy atom. The molecule has 1 fully saturated rings. The first kappa shape index (κ1) is 19.1. The first-order chi connectivity index (χ1) is 14.0. The molecule has 3 aromatic rings. The van der Waals surface area contributed by atoms with Gasteiger partial charge in [-0.1, -0.05) is 11.8 Å². The van der Waals surface area contributed by atoms with Crippen molar-refractivity contribution in [1.82, 2.24) is 19.7 Å². The minimum atomic E-state index is -0.504. The number of pyridine rings is 1. The molecule has 3 N–H and O–H groups in total. The number of rotatable bonds is 7. The second kappa shape index (κ2) is 8.04. The molecule has 0 saturated heterocycles. The Morgan fingerprint density at radius 3 is 2.45 bits per heavy atom. The smallest absolute Gasteiger partial charge is 0.248 e. The number of amides is 2. The number of aromatic nitrogens is 4. The van der Waals surface area contributed by atoms with Gasteiger partial charge in [0.1, 0.15) is 0 Å². The van der Waals surface area contributed by atoms with Gasteiger partial charge in [-0.3, -0.25) is 19.1 Å². The molecule has 1 aliphatic rings. The van der Waals surface area contributed by atoms with Gasteiger partial charge in [-0.05, 0) is 56.2 Å². The summed E-state index contributed by atoms with van der Waals surface area (Å²) in [5, 5.41) is 11.9.